The molecule has 19 heavy (non-hydrogen) atoms. The van der Waals surface area contributed by atoms with Crippen molar-refractivity contribution < 1.29 is 4.79 Å². The third-order valence-electron chi connectivity index (χ3n) is 2.94. The summed E-state index contributed by atoms with van der Waals surface area (Å²) < 4.78 is 0. The van der Waals surface area contributed by atoms with Crippen molar-refractivity contribution in [3.8, 4) is 0 Å². The molecule has 98 valence electrons. The lowest BCUT2D eigenvalue weighted by Gasteiger charge is -2.10. The van der Waals surface area contributed by atoms with Crippen molar-refractivity contribution in [3.63, 3.8) is 0 Å². The molecule has 2 rings (SSSR count). The van der Waals surface area contributed by atoms with Gasteiger partial charge in [-0.3, -0.25) is 4.79 Å². The SMILES string of the molecule is CNCCc1ccccc1C(=O)Nc1ccccc1. The van der Waals surface area contributed by atoms with Gasteiger partial charge in [0.15, 0.2) is 0 Å². The Morgan fingerprint density at radius 2 is 1.68 bits per heavy atom. The highest BCUT2D eigenvalue weighted by Crippen LogP contribution is 2.13. The summed E-state index contributed by atoms with van der Waals surface area (Å²) in [5.74, 6) is -0.0575. The van der Waals surface area contributed by atoms with Gasteiger partial charge in [0.05, 0.1) is 0 Å². The van der Waals surface area contributed by atoms with Crippen molar-refractivity contribution in [1.82, 2.24) is 5.32 Å². The molecule has 0 aromatic heterocycles. The second-order valence-corrected chi connectivity index (χ2v) is 4.33. The summed E-state index contributed by atoms with van der Waals surface area (Å²) >= 11 is 0. The summed E-state index contributed by atoms with van der Waals surface area (Å²) in [6, 6.07) is 17.2. The largest absolute Gasteiger partial charge is 0.322 e. The summed E-state index contributed by atoms with van der Waals surface area (Å²) in [7, 11) is 1.91. The van der Waals surface area contributed by atoms with Crippen LogP contribution < -0.4 is 10.6 Å². The molecular formula is C16H18N2O. The molecule has 0 aliphatic rings. The van der Waals surface area contributed by atoms with E-state index in [0.29, 0.717) is 0 Å². The summed E-state index contributed by atoms with van der Waals surface area (Å²) in [4.78, 5) is 12.3. The van der Waals surface area contributed by atoms with Gasteiger partial charge >= 0.3 is 0 Å². The van der Waals surface area contributed by atoms with Crippen LogP contribution in [0, 0.1) is 0 Å². The van der Waals surface area contributed by atoms with E-state index in [1.807, 2.05) is 61.6 Å². The first-order valence-electron chi connectivity index (χ1n) is 6.40. The molecule has 2 aromatic rings. The van der Waals surface area contributed by atoms with Crippen molar-refractivity contribution in [3.05, 3.63) is 65.7 Å². The van der Waals surface area contributed by atoms with Crippen LogP contribution in [0.25, 0.3) is 0 Å². The minimum atomic E-state index is -0.0575. The topological polar surface area (TPSA) is 41.1 Å². The zero-order chi connectivity index (χ0) is 13.5. The molecule has 3 nitrogen and oxygen atoms in total. The molecule has 0 unspecified atom stereocenters. The Kier molecular flexibility index (Phi) is 4.70. The lowest BCUT2D eigenvalue weighted by molar-refractivity contribution is 0.102. The number of hydrogen-bond acceptors (Lipinski definition) is 2. The second kappa shape index (κ2) is 6.71. The maximum Gasteiger partial charge on any atom is 0.255 e. The molecule has 2 aromatic carbocycles. The first-order valence-corrected chi connectivity index (χ1v) is 6.40. The molecular weight excluding hydrogens is 236 g/mol. The van der Waals surface area contributed by atoms with Crippen LogP contribution in [0.5, 0.6) is 0 Å². The molecule has 0 spiro atoms. The Hall–Kier alpha value is -2.13. The van der Waals surface area contributed by atoms with E-state index in [-0.39, 0.29) is 5.91 Å². The number of carbonyl (C=O) groups excluding carboxylic acids is 1. The number of amides is 1. The van der Waals surface area contributed by atoms with E-state index in [4.69, 9.17) is 0 Å². The number of nitrogens with one attached hydrogen (secondary N) is 2. The van der Waals surface area contributed by atoms with Gasteiger partial charge in [-0.1, -0.05) is 36.4 Å². The van der Waals surface area contributed by atoms with E-state index in [0.717, 1.165) is 29.8 Å². The van der Waals surface area contributed by atoms with Crippen LogP contribution in [0.1, 0.15) is 15.9 Å². The molecule has 3 heteroatoms. The highest BCUT2D eigenvalue weighted by atomic mass is 16.1. The van der Waals surface area contributed by atoms with Gasteiger partial charge in [0.25, 0.3) is 5.91 Å². The van der Waals surface area contributed by atoms with Crippen LogP contribution in [-0.2, 0) is 6.42 Å². The second-order valence-electron chi connectivity index (χ2n) is 4.33. The van der Waals surface area contributed by atoms with E-state index < -0.39 is 0 Å². The van der Waals surface area contributed by atoms with Crippen LogP contribution >= 0.6 is 0 Å². The fourth-order valence-corrected chi connectivity index (χ4v) is 1.94. The fraction of sp³-hybridized carbons (Fsp3) is 0.188. The van der Waals surface area contributed by atoms with E-state index in [9.17, 15) is 4.79 Å². The van der Waals surface area contributed by atoms with E-state index in [1.165, 1.54) is 0 Å². The number of hydrogen-bond donors (Lipinski definition) is 2. The Balaban J connectivity index is 2.14. The highest BCUT2D eigenvalue weighted by molar-refractivity contribution is 6.05. The Labute approximate surface area is 113 Å². The maximum absolute atomic E-state index is 12.3. The average Bonchev–Trinajstić information content (AvgIpc) is 2.46. The van der Waals surface area contributed by atoms with Gasteiger partial charge in [0.2, 0.25) is 0 Å². The van der Waals surface area contributed by atoms with E-state index >= 15 is 0 Å². The summed E-state index contributed by atoms with van der Waals surface area (Å²) in [6.07, 6.45) is 0.842. The van der Waals surface area contributed by atoms with Gasteiger partial charge in [-0.2, -0.15) is 0 Å². The molecule has 0 atom stereocenters. The molecule has 0 fully saturated rings. The van der Waals surface area contributed by atoms with Gasteiger partial charge in [-0.15, -0.1) is 0 Å². The van der Waals surface area contributed by atoms with Crippen molar-refractivity contribution in [2.45, 2.75) is 6.42 Å². The Bertz CT molecular complexity index is 537. The van der Waals surface area contributed by atoms with Gasteiger partial charge in [0.1, 0.15) is 0 Å². The molecule has 1 amide bonds. The number of benzene rings is 2. The number of para-hydroxylation sites is 1. The molecule has 0 radical (unpaired) electrons. The molecule has 0 aliphatic carbocycles. The molecule has 2 N–H and O–H groups in total. The lowest BCUT2D eigenvalue weighted by atomic mass is 10.0. The molecule has 0 saturated carbocycles. The molecule has 0 heterocycles. The monoisotopic (exact) mass is 254 g/mol. The Morgan fingerprint density at radius 3 is 2.42 bits per heavy atom. The average molecular weight is 254 g/mol. The molecule has 0 saturated heterocycles. The van der Waals surface area contributed by atoms with Crippen molar-refractivity contribution in [2.24, 2.45) is 0 Å². The minimum Gasteiger partial charge on any atom is -0.322 e. The summed E-state index contributed by atoms with van der Waals surface area (Å²) in [5, 5.41) is 6.02. The van der Waals surface area contributed by atoms with Crippen molar-refractivity contribution >= 4 is 11.6 Å². The number of rotatable bonds is 5. The van der Waals surface area contributed by atoms with Crippen molar-refractivity contribution in [2.75, 3.05) is 18.9 Å². The summed E-state index contributed by atoms with van der Waals surface area (Å²) in [5.41, 5.74) is 2.61. The first kappa shape index (κ1) is 13.3. The zero-order valence-corrected chi connectivity index (χ0v) is 11.0. The predicted octanol–water partition coefficient (Wildman–Crippen LogP) is 2.70. The summed E-state index contributed by atoms with van der Waals surface area (Å²) in [6.45, 7) is 0.857. The molecule has 0 aliphatic heterocycles. The number of anilines is 1. The number of likely N-dealkylation sites (N-methyl/N-ethyl adjacent to an activating group) is 1. The van der Waals surface area contributed by atoms with Gasteiger partial charge < -0.3 is 10.6 Å². The van der Waals surface area contributed by atoms with Crippen LogP contribution in [0.2, 0.25) is 0 Å². The smallest absolute Gasteiger partial charge is 0.255 e. The fourth-order valence-electron chi connectivity index (χ4n) is 1.94. The predicted molar refractivity (Wildman–Crippen MR) is 78.5 cm³/mol. The van der Waals surface area contributed by atoms with E-state index in [2.05, 4.69) is 10.6 Å². The van der Waals surface area contributed by atoms with Gasteiger partial charge in [-0.05, 0) is 43.8 Å². The van der Waals surface area contributed by atoms with Crippen LogP contribution in [0.3, 0.4) is 0 Å². The third kappa shape index (κ3) is 3.66. The van der Waals surface area contributed by atoms with E-state index in [1.54, 1.807) is 0 Å². The quantitative estimate of drug-likeness (QED) is 0.861. The van der Waals surface area contributed by atoms with Gasteiger partial charge in [-0.25, -0.2) is 0 Å². The van der Waals surface area contributed by atoms with Crippen LogP contribution in [-0.4, -0.2) is 19.5 Å². The van der Waals surface area contributed by atoms with Crippen molar-refractivity contribution in [1.29, 1.82) is 0 Å². The molecule has 0 bridgehead atoms. The zero-order valence-electron chi connectivity index (χ0n) is 11.0. The normalized spacial score (nSPS) is 10.2. The Morgan fingerprint density at radius 1 is 1.00 bits per heavy atom. The first-order chi connectivity index (χ1) is 9.31. The van der Waals surface area contributed by atoms with Gasteiger partial charge in [0, 0.05) is 11.3 Å². The van der Waals surface area contributed by atoms with Crippen LogP contribution in [0.4, 0.5) is 5.69 Å². The number of carbonyl (C=O) groups is 1. The van der Waals surface area contributed by atoms with Crippen LogP contribution in [0.15, 0.2) is 54.6 Å². The maximum atomic E-state index is 12.3. The lowest BCUT2D eigenvalue weighted by Crippen LogP contribution is -2.17. The minimum absolute atomic E-state index is 0.0575. The third-order valence-corrected chi connectivity index (χ3v) is 2.94. The standard InChI is InChI=1S/C16H18N2O/c1-17-12-11-13-7-5-6-10-15(13)16(19)18-14-8-3-2-4-9-14/h2-10,17H,11-12H2,1H3,(H,18,19). The highest BCUT2D eigenvalue weighted by Gasteiger charge is 2.10.